The highest BCUT2D eigenvalue weighted by molar-refractivity contribution is 7.15. The number of hydrogen-bond donors (Lipinski definition) is 1. The van der Waals surface area contributed by atoms with Crippen molar-refractivity contribution in [1.29, 1.82) is 0 Å². The first kappa shape index (κ1) is 16.2. The number of hydrogen-bond acceptors (Lipinski definition) is 3. The van der Waals surface area contributed by atoms with Gasteiger partial charge in [0.15, 0.2) is 0 Å². The number of nitrogens with zero attached hydrogens (tertiary/aromatic N) is 1. The summed E-state index contributed by atoms with van der Waals surface area (Å²) in [5.41, 5.74) is 3.90. The molecule has 2 aromatic rings. The highest BCUT2D eigenvalue weighted by Gasteiger charge is 2.18. The second kappa shape index (κ2) is 6.29. The van der Waals surface area contributed by atoms with E-state index < -0.39 is 0 Å². The lowest BCUT2D eigenvalue weighted by molar-refractivity contribution is 0.425. The molecule has 0 unspecified atom stereocenters. The predicted molar refractivity (Wildman–Crippen MR) is 93.0 cm³/mol. The SMILES string of the molecule is Cc1ccccc1-c1nc(C(C)C)c(CNC(C)(C)C)s1. The summed E-state index contributed by atoms with van der Waals surface area (Å²) in [4.78, 5) is 6.28. The van der Waals surface area contributed by atoms with E-state index in [0.717, 1.165) is 11.6 Å². The van der Waals surface area contributed by atoms with Crippen LogP contribution in [0, 0.1) is 6.92 Å². The smallest absolute Gasteiger partial charge is 0.124 e. The van der Waals surface area contributed by atoms with Gasteiger partial charge >= 0.3 is 0 Å². The summed E-state index contributed by atoms with van der Waals surface area (Å²) in [6.45, 7) is 14.1. The van der Waals surface area contributed by atoms with Crippen molar-refractivity contribution < 1.29 is 0 Å². The zero-order chi connectivity index (χ0) is 15.6. The maximum absolute atomic E-state index is 4.92. The van der Waals surface area contributed by atoms with E-state index in [1.54, 1.807) is 0 Å². The molecule has 1 aromatic heterocycles. The van der Waals surface area contributed by atoms with Crippen LogP contribution in [0.15, 0.2) is 24.3 Å². The van der Waals surface area contributed by atoms with Gasteiger partial charge in [0.25, 0.3) is 0 Å². The van der Waals surface area contributed by atoms with Crippen molar-refractivity contribution in [3.8, 4) is 10.6 Å². The summed E-state index contributed by atoms with van der Waals surface area (Å²) in [5.74, 6) is 0.454. The predicted octanol–water partition coefficient (Wildman–Crippen LogP) is 5.13. The van der Waals surface area contributed by atoms with Crippen LogP contribution in [0.5, 0.6) is 0 Å². The minimum Gasteiger partial charge on any atom is -0.307 e. The van der Waals surface area contributed by atoms with Crippen molar-refractivity contribution in [2.45, 2.75) is 59.5 Å². The summed E-state index contributed by atoms with van der Waals surface area (Å²) >= 11 is 1.82. The molecule has 0 saturated heterocycles. The van der Waals surface area contributed by atoms with Crippen LogP contribution in [0.3, 0.4) is 0 Å². The van der Waals surface area contributed by atoms with E-state index in [2.05, 4.69) is 71.1 Å². The lowest BCUT2D eigenvalue weighted by Crippen LogP contribution is -2.35. The number of thiazole rings is 1. The van der Waals surface area contributed by atoms with Crippen molar-refractivity contribution in [2.75, 3.05) is 0 Å². The van der Waals surface area contributed by atoms with E-state index in [0.29, 0.717) is 5.92 Å². The Bertz CT molecular complexity index is 606. The van der Waals surface area contributed by atoms with Crippen molar-refractivity contribution in [1.82, 2.24) is 10.3 Å². The molecule has 2 nitrogen and oxygen atoms in total. The summed E-state index contributed by atoms with van der Waals surface area (Å²) in [6.07, 6.45) is 0. The van der Waals surface area contributed by atoms with Gasteiger partial charge in [-0.1, -0.05) is 38.1 Å². The third-order valence-corrected chi connectivity index (χ3v) is 4.53. The summed E-state index contributed by atoms with van der Waals surface area (Å²) in [7, 11) is 0. The van der Waals surface area contributed by atoms with Gasteiger partial charge in [0.05, 0.1) is 5.69 Å². The molecule has 0 fully saturated rings. The third-order valence-electron chi connectivity index (χ3n) is 3.43. The van der Waals surface area contributed by atoms with E-state index in [9.17, 15) is 0 Å². The summed E-state index contributed by atoms with van der Waals surface area (Å²) < 4.78 is 0. The Kier molecular flexibility index (Phi) is 4.84. The Morgan fingerprint density at radius 2 is 1.86 bits per heavy atom. The lowest BCUT2D eigenvalue weighted by atomic mass is 10.1. The molecule has 0 aliphatic rings. The van der Waals surface area contributed by atoms with E-state index in [4.69, 9.17) is 4.98 Å². The Morgan fingerprint density at radius 3 is 2.43 bits per heavy atom. The van der Waals surface area contributed by atoms with E-state index in [-0.39, 0.29) is 5.54 Å². The Hall–Kier alpha value is -1.19. The first-order valence-corrected chi connectivity index (χ1v) is 8.40. The van der Waals surface area contributed by atoms with Crippen molar-refractivity contribution in [2.24, 2.45) is 0 Å². The quantitative estimate of drug-likeness (QED) is 0.847. The van der Waals surface area contributed by atoms with Gasteiger partial charge in [-0.2, -0.15) is 0 Å². The first-order valence-electron chi connectivity index (χ1n) is 7.58. The van der Waals surface area contributed by atoms with Crippen LogP contribution in [0.25, 0.3) is 10.6 Å². The topological polar surface area (TPSA) is 24.9 Å². The molecule has 0 bridgehead atoms. The number of benzene rings is 1. The van der Waals surface area contributed by atoms with Gasteiger partial charge in [0.2, 0.25) is 0 Å². The highest BCUT2D eigenvalue weighted by Crippen LogP contribution is 2.33. The number of rotatable bonds is 4. The second-order valence-electron chi connectivity index (χ2n) is 6.90. The molecule has 114 valence electrons. The lowest BCUT2D eigenvalue weighted by Gasteiger charge is -2.20. The average Bonchev–Trinajstić information content (AvgIpc) is 2.80. The molecule has 0 aliphatic heterocycles. The Balaban J connectivity index is 2.36. The van der Waals surface area contributed by atoms with Gasteiger partial charge in [-0.05, 0) is 39.2 Å². The molecule has 1 heterocycles. The van der Waals surface area contributed by atoms with Crippen molar-refractivity contribution in [3.05, 3.63) is 40.4 Å². The standard InChI is InChI=1S/C18H26N2S/c1-12(2)16-15(11-19-18(4,5)6)21-17(20-16)14-10-8-7-9-13(14)3/h7-10,12,19H,11H2,1-6H3. The Labute approximate surface area is 132 Å². The number of aryl methyl sites for hydroxylation is 1. The second-order valence-corrected chi connectivity index (χ2v) is 7.98. The molecule has 1 aromatic carbocycles. The van der Waals surface area contributed by atoms with Crippen LogP contribution in [-0.4, -0.2) is 10.5 Å². The molecule has 21 heavy (non-hydrogen) atoms. The Morgan fingerprint density at radius 1 is 1.19 bits per heavy atom. The molecule has 2 rings (SSSR count). The van der Waals surface area contributed by atoms with E-state index >= 15 is 0 Å². The van der Waals surface area contributed by atoms with Gasteiger partial charge in [-0.25, -0.2) is 4.98 Å². The monoisotopic (exact) mass is 302 g/mol. The fourth-order valence-corrected chi connectivity index (χ4v) is 3.46. The molecular formula is C18H26N2S. The fourth-order valence-electron chi connectivity index (χ4n) is 2.21. The van der Waals surface area contributed by atoms with Crippen LogP contribution < -0.4 is 5.32 Å². The zero-order valence-electron chi connectivity index (χ0n) is 13.9. The van der Waals surface area contributed by atoms with Gasteiger partial charge < -0.3 is 5.32 Å². The van der Waals surface area contributed by atoms with Crippen LogP contribution >= 0.6 is 11.3 Å². The molecule has 1 N–H and O–H groups in total. The van der Waals surface area contributed by atoms with Crippen LogP contribution in [0.4, 0.5) is 0 Å². The maximum atomic E-state index is 4.92. The average molecular weight is 302 g/mol. The maximum Gasteiger partial charge on any atom is 0.124 e. The molecule has 0 atom stereocenters. The molecule has 0 saturated carbocycles. The fraction of sp³-hybridized carbons (Fsp3) is 0.500. The molecule has 0 spiro atoms. The largest absolute Gasteiger partial charge is 0.307 e. The molecule has 0 aliphatic carbocycles. The minimum atomic E-state index is 0.126. The normalized spacial score (nSPS) is 12.1. The molecule has 3 heteroatoms. The first-order chi connectivity index (χ1) is 9.78. The van der Waals surface area contributed by atoms with Crippen molar-refractivity contribution in [3.63, 3.8) is 0 Å². The van der Waals surface area contributed by atoms with Gasteiger partial charge in [0, 0.05) is 22.5 Å². The zero-order valence-corrected chi connectivity index (χ0v) is 14.8. The number of nitrogens with one attached hydrogen (secondary N) is 1. The third kappa shape index (κ3) is 4.14. The number of aromatic nitrogens is 1. The van der Waals surface area contributed by atoms with E-state index in [1.807, 2.05) is 11.3 Å². The van der Waals surface area contributed by atoms with Crippen LogP contribution in [-0.2, 0) is 6.54 Å². The summed E-state index contributed by atoms with van der Waals surface area (Å²) in [6, 6.07) is 8.49. The molecular weight excluding hydrogens is 276 g/mol. The van der Waals surface area contributed by atoms with Crippen LogP contribution in [0.1, 0.15) is 56.7 Å². The van der Waals surface area contributed by atoms with Gasteiger partial charge in [0.1, 0.15) is 5.01 Å². The molecule has 0 radical (unpaired) electrons. The minimum absolute atomic E-state index is 0.126. The van der Waals surface area contributed by atoms with E-state index in [1.165, 1.54) is 21.7 Å². The highest BCUT2D eigenvalue weighted by atomic mass is 32.1. The summed E-state index contributed by atoms with van der Waals surface area (Å²) in [5, 5.41) is 4.72. The van der Waals surface area contributed by atoms with Crippen LogP contribution in [0.2, 0.25) is 0 Å². The van der Waals surface area contributed by atoms with Gasteiger partial charge in [-0.3, -0.25) is 0 Å². The molecule has 0 amide bonds. The van der Waals surface area contributed by atoms with Gasteiger partial charge in [-0.15, -0.1) is 11.3 Å². The van der Waals surface area contributed by atoms with Crippen molar-refractivity contribution >= 4 is 11.3 Å².